The predicted molar refractivity (Wildman–Crippen MR) is 57.1 cm³/mol. The number of nitrogens with one attached hydrogen (secondary N) is 1. The molecule has 0 fully saturated rings. The zero-order valence-corrected chi connectivity index (χ0v) is 8.93. The van der Waals surface area contributed by atoms with Crippen molar-refractivity contribution in [3.05, 3.63) is 53.1 Å². The molecule has 0 amide bonds. The molecule has 1 heterocycles. The summed E-state index contributed by atoms with van der Waals surface area (Å²) >= 11 is 0. The lowest BCUT2D eigenvalue weighted by Gasteiger charge is -2.00. The number of aromatic nitrogens is 2. The summed E-state index contributed by atoms with van der Waals surface area (Å²) in [6.45, 7) is 2.01. The third kappa shape index (κ3) is 2.27. The Bertz CT molecular complexity index is 492. The van der Waals surface area contributed by atoms with Crippen LogP contribution in [-0.2, 0) is 12.8 Å². The SMILES string of the molecule is CCc1cnc(Cc2ccc(F)cc2F)[nH]1. The fourth-order valence-corrected chi connectivity index (χ4v) is 1.52. The monoisotopic (exact) mass is 222 g/mol. The molecule has 1 N–H and O–H groups in total. The van der Waals surface area contributed by atoms with E-state index in [1.807, 2.05) is 6.92 Å². The molecule has 1 aromatic carbocycles. The average Bonchev–Trinajstić information content (AvgIpc) is 2.70. The standard InChI is InChI=1S/C12H12F2N2/c1-2-10-7-15-12(16-10)5-8-3-4-9(13)6-11(8)14/h3-4,6-7H,2,5H2,1H3,(H,15,16). The molecule has 2 aromatic rings. The van der Waals surface area contributed by atoms with Crippen molar-refractivity contribution in [2.24, 2.45) is 0 Å². The quantitative estimate of drug-likeness (QED) is 0.849. The van der Waals surface area contributed by atoms with Crippen LogP contribution in [0.4, 0.5) is 8.78 Å². The fraction of sp³-hybridized carbons (Fsp3) is 0.250. The Hall–Kier alpha value is -1.71. The molecule has 2 rings (SSSR count). The van der Waals surface area contributed by atoms with Gasteiger partial charge < -0.3 is 4.98 Å². The molecule has 0 saturated carbocycles. The van der Waals surface area contributed by atoms with E-state index < -0.39 is 11.6 Å². The number of halogens is 2. The molecule has 0 radical (unpaired) electrons. The van der Waals surface area contributed by atoms with E-state index in [4.69, 9.17) is 0 Å². The molecule has 0 saturated heterocycles. The van der Waals surface area contributed by atoms with Crippen LogP contribution in [0.2, 0.25) is 0 Å². The van der Waals surface area contributed by atoms with E-state index in [1.165, 1.54) is 12.1 Å². The van der Waals surface area contributed by atoms with Gasteiger partial charge in [-0.1, -0.05) is 13.0 Å². The van der Waals surface area contributed by atoms with Gasteiger partial charge in [-0.3, -0.25) is 0 Å². The van der Waals surface area contributed by atoms with E-state index in [1.54, 1.807) is 6.20 Å². The van der Waals surface area contributed by atoms with Crippen LogP contribution in [0.3, 0.4) is 0 Å². The maximum absolute atomic E-state index is 13.3. The number of nitrogens with zero attached hydrogens (tertiary/aromatic N) is 1. The summed E-state index contributed by atoms with van der Waals surface area (Å²) in [6.07, 6.45) is 2.95. The number of rotatable bonds is 3. The van der Waals surface area contributed by atoms with Gasteiger partial charge in [0.25, 0.3) is 0 Å². The lowest BCUT2D eigenvalue weighted by Crippen LogP contribution is -1.95. The van der Waals surface area contributed by atoms with Crippen LogP contribution < -0.4 is 0 Å². The lowest BCUT2D eigenvalue weighted by atomic mass is 10.1. The smallest absolute Gasteiger partial charge is 0.129 e. The van der Waals surface area contributed by atoms with Gasteiger partial charge in [-0.25, -0.2) is 13.8 Å². The average molecular weight is 222 g/mol. The molecule has 0 bridgehead atoms. The number of imidazole rings is 1. The van der Waals surface area contributed by atoms with E-state index in [2.05, 4.69) is 9.97 Å². The number of benzene rings is 1. The van der Waals surface area contributed by atoms with Gasteiger partial charge in [-0.15, -0.1) is 0 Å². The van der Waals surface area contributed by atoms with E-state index in [9.17, 15) is 8.78 Å². The molecule has 0 unspecified atom stereocenters. The van der Waals surface area contributed by atoms with Crippen molar-refractivity contribution in [3.8, 4) is 0 Å². The van der Waals surface area contributed by atoms with Crippen molar-refractivity contribution in [3.63, 3.8) is 0 Å². The molecule has 0 aliphatic heterocycles. The molecule has 1 aromatic heterocycles. The number of aromatic amines is 1. The van der Waals surface area contributed by atoms with E-state index in [0.717, 1.165) is 18.2 Å². The first-order valence-corrected chi connectivity index (χ1v) is 5.15. The van der Waals surface area contributed by atoms with Crippen LogP contribution in [0, 0.1) is 11.6 Å². The molecule has 0 aliphatic rings. The Morgan fingerprint density at radius 1 is 1.31 bits per heavy atom. The second-order valence-electron chi connectivity index (χ2n) is 3.62. The Morgan fingerprint density at radius 3 is 2.75 bits per heavy atom. The van der Waals surface area contributed by atoms with Crippen molar-refractivity contribution in [2.45, 2.75) is 19.8 Å². The van der Waals surface area contributed by atoms with Crippen LogP contribution in [0.15, 0.2) is 24.4 Å². The normalized spacial score (nSPS) is 10.7. The van der Waals surface area contributed by atoms with E-state index in [-0.39, 0.29) is 0 Å². The third-order valence-corrected chi connectivity index (χ3v) is 2.43. The second kappa shape index (κ2) is 4.43. The Balaban J connectivity index is 2.20. The largest absolute Gasteiger partial charge is 0.346 e. The summed E-state index contributed by atoms with van der Waals surface area (Å²) in [5, 5.41) is 0. The molecule has 0 spiro atoms. The van der Waals surface area contributed by atoms with Crippen LogP contribution in [0.1, 0.15) is 24.0 Å². The van der Waals surface area contributed by atoms with Crippen LogP contribution in [-0.4, -0.2) is 9.97 Å². The van der Waals surface area contributed by atoms with E-state index in [0.29, 0.717) is 17.8 Å². The zero-order chi connectivity index (χ0) is 11.5. The summed E-state index contributed by atoms with van der Waals surface area (Å²) in [5.74, 6) is -0.397. The van der Waals surface area contributed by atoms with Crippen molar-refractivity contribution >= 4 is 0 Å². The van der Waals surface area contributed by atoms with Gasteiger partial charge in [0, 0.05) is 24.4 Å². The van der Waals surface area contributed by atoms with Gasteiger partial charge >= 0.3 is 0 Å². The van der Waals surface area contributed by atoms with Gasteiger partial charge in [0.05, 0.1) is 0 Å². The summed E-state index contributed by atoms with van der Waals surface area (Å²) in [5.41, 5.74) is 1.45. The Kier molecular flexibility index (Phi) is 2.99. The highest BCUT2D eigenvalue weighted by molar-refractivity contribution is 5.22. The third-order valence-electron chi connectivity index (χ3n) is 2.43. The summed E-state index contributed by atoms with van der Waals surface area (Å²) < 4.78 is 26.0. The summed E-state index contributed by atoms with van der Waals surface area (Å²) in [7, 11) is 0. The maximum Gasteiger partial charge on any atom is 0.129 e. The van der Waals surface area contributed by atoms with Crippen molar-refractivity contribution < 1.29 is 8.78 Å². The van der Waals surface area contributed by atoms with Crippen molar-refractivity contribution in [2.75, 3.05) is 0 Å². The van der Waals surface area contributed by atoms with Crippen LogP contribution >= 0.6 is 0 Å². The van der Waals surface area contributed by atoms with Crippen LogP contribution in [0.5, 0.6) is 0 Å². The summed E-state index contributed by atoms with van der Waals surface area (Å²) in [6, 6.07) is 3.58. The first-order chi connectivity index (χ1) is 7.69. The molecule has 2 nitrogen and oxygen atoms in total. The number of aryl methyl sites for hydroxylation is 1. The molecule has 0 aliphatic carbocycles. The fourth-order valence-electron chi connectivity index (χ4n) is 1.52. The number of hydrogen-bond donors (Lipinski definition) is 1. The minimum Gasteiger partial charge on any atom is -0.346 e. The van der Waals surface area contributed by atoms with Crippen LogP contribution in [0.25, 0.3) is 0 Å². The zero-order valence-electron chi connectivity index (χ0n) is 8.93. The second-order valence-corrected chi connectivity index (χ2v) is 3.62. The minimum absolute atomic E-state index is 0.353. The molecule has 84 valence electrons. The number of hydrogen-bond acceptors (Lipinski definition) is 1. The predicted octanol–water partition coefficient (Wildman–Crippen LogP) is 2.84. The first kappa shape index (κ1) is 10.8. The van der Waals surface area contributed by atoms with Gasteiger partial charge in [0.15, 0.2) is 0 Å². The van der Waals surface area contributed by atoms with Crippen molar-refractivity contribution in [1.29, 1.82) is 0 Å². The Labute approximate surface area is 92.3 Å². The molecular weight excluding hydrogens is 210 g/mol. The number of H-pyrrole nitrogens is 1. The Morgan fingerprint density at radius 2 is 2.12 bits per heavy atom. The highest BCUT2D eigenvalue weighted by Crippen LogP contribution is 2.13. The highest BCUT2D eigenvalue weighted by Gasteiger charge is 2.06. The lowest BCUT2D eigenvalue weighted by molar-refractivity contribution is 0.573. The molecular formula is C12H12F2N2. The van der Waals surface area contributed by atoms with E-state index >= 15 is 0 Å². The molecule has 4 heteroatoms. The molecule has 16 heavy (non-hydrogen) atoms. The first-order valence-electron chi connectivity index (χ1n) is 5.15. The maximum atomic E-state index is 13.3. The summed E-state index contributed by atoms with van der Waals surface area (Å²) in [4.78, 5) is 7.21. The van der Waals surface area contributed by atoms with Gasteiger partial charge in [-0.2, -0.15) is 0 Å². The topological polar surface area (TPSA) is 28.7 Å². The van der Waals surface area contributed by atoms with Gasteiger partial charge in [-0.05, 0) is 18.1 Å². The minimum atomic E-state index is -0.560. The highest BCUT2D eigenvalue weighted by atomic mass is 19.1. The molecule has 0 atom stereocenters. The van der Waals surface area contributed by atoms with Gasteiger partial charge in [0.1, 0.15) is 17.5 Å². The van der Waals surface area contributed by atoms with Gasteiger partial charge in [0.2, 0.25) is 0 Å². The van der Waals surface area contributed by atoms with Crippen molar-refractivity contribution in [1.82, 2.24) is 9.97 Å².